The topological polar surface area (TPSA) is 63.4 Å². The molecule has 4 nitrogen and oxygen atoms in total. The van der Waals surface area contributed by atoms with Crippen LogP contribution in [0, 0.1) is 5.92 Å². The average Bonchev–Trinajstić information content (AvgIpc) is 2.28. The number of carbonyl (C=O) groups is 2. The predicted octanol–water partition coefficient (Wildman–Crippen LogP) is 1.40. The molecule has 0 spiro atoms. The largest absolute Gasteiger partial charge is 0.366 e. The van der Waals surface area contributed by atoms with Crippen molar-refractivity contribution in [2.24, 2.45) is 11.7 Å². The maximum Gasteiger partial charge on any atom is 0.248 e. The maximum absolute atomic E-state index is 11.7. The number of nitrogens with two attached hydrogens (primary N) is 1. The Morgan fingerprint density at radius 2 is 1.76 bits per heavy atom. The number of carbonyl (C=O) groups excluding carboxylic acids is 2. The van der Waals surface area contributed by atoms with E-state index in [4.69, 9.17) is 5.73 Å². The SMILES string of the molecule is CC(C)C(=O)N(C)Cc1ccc(C(N)=O)cc1. The van der Waals surface area contributed by atoms with Crippen LogP contribution >= 0.6 is 0 Å². The third-order valence-electron chi connectivity index (χ3n) is 2.53. The van der Waals surface area contributed by atoms with Crippen molar-refractivity contribution in [3.05, 3.63) is 35.4 Å². The van der Waals surface area contributed by atoms with Crippen molar-refractivity contribution in [3.8, 4) is 0 Å². The lowest BCUT2D eigenvalue weighted by Gasteiger charge is -2.19. The lowest BCUT2D eigenvalue weighted by Crippen LogP contribution is -2.29. The number of amides is 2. The van der Waals surface area contributed by atoms with E-state index in [-0.39, 0.29) is 11.8 Å². The van der Waals surface area contributed by atoms with Crippen molar-refractivity contribution >= 4 is 11.8 Å². The summed E-state index contributed by atoms with van der Waals surface area (Å²) < 4.78 is 0. The first-order valence-corrected chi connectivity index (χ1v) is 5.55. The highest BCUT2D eigenvalue weighted by molar-refractivity contribution is 5.92. The Morgan fingerprint density at radius 3 is 2.18 bits per heavy atom. The second-order valence-corrected chi connectivity index (χ2v) is 4.41. The van der Waals surface area contributed by atoms with Crippen LogP contribution in [0.25, 0.3) is 0 Å². The summed E-state index contributed by atoms with van der Waals surface area (Å²) in [7, 11) is 1.77. The fourth-order valence-electron chi connectivity index (χ4n) is 1.57. The lowest BCUT2D eigenvalue weighted by molar-refractivity contribution is -0.133. The summed E-state index contributed by atoms with van der Waals surface area (Å²) >= 11 is 0. The van der Waals surface area contributed by atoms with Crippen LogP contribution in [0.15, 0.2) is 24.3 Å². The molecule has 92 valence electrons. The predicted molar refractivity (Wildman–Crippen MR) is 66.3 cm³/mol. The molecule has 1 rings (SSSR count). The van der Waals surface area contributed by atoms with E-state index in [1.54, 1.807) is 24.1 Å². The van der Waals surface area contributed by atoms with Gasteiger partial charge in [0.2, 0.25) is 11.8 Å². The fraction of sp³-hybridized carbons (Fsp3) is 0.385. The number of hydrogen-bond donors (Lipinski definition) is 1. The molecule has 4 heteroatoms. The molecule has 1 aromatic carbocycles. The third-order valence-corrected chi connectivity index (χ3v) is 2.53. The zero-order valence-corrected chi connectivity index (χ0v) is 10.4. The quantitative estimate of drug-likeness (QED) is 0.855. The van der Waals surface area contributed by atoms with Gasteiger partial charge >= 0.3 is 0 Å². The highest BCUT2D eigenvalue weighted by Crippen LogP contribution is 2.08. The van der Waals surface area contributed by atoms with Crippen LogP contribution < -0.4 is 5.73 Å². The molecular formula is C13H18N2O2. The molecule has 0 saturated heterocycles. The molecule has 0 bridgehead atoms. The second kappa shape index (κ2) is 5.48. The van der Waals surface area contributed by atoms with Gasteiger partial charge in [0.15, 0.2) is 0 Å². The molecule has 0 fully saturated rings. The number of nitrogens with zero attached hydrogens (tertiary/aromatic N) is 1. The zero-order valence-electron chi connectivity index (χ0n) is 10.4. The number of rotatable bonds is 4. The van der Waals surface area contributed by atoms with Crippen molar-refractivity contribution < 1.29 is 9.59 Å². The fourth-order valence-corrected chi connectivity index (χ4v) is 1.57. The Balaban J connectivity index is 2.69. The van der Waals surface area contributed by atoms with Gasteiger partial charge in [-0.25, -0.2) is 0 Å². The Kier molecular flexibility index (Phi) is 4.26. The van der Waals surface area contributed by atoms with Crippen LogP contribution in [0.3, 0.4) is 0 Å². The Bertz CT molecular complexity index is 410. The van der Waals surface area contributed by atoms with Gasteiger partial charge in [-0.3, -0.25) is 9.59 Å². The second-order valence-electron chi connectivity index (χ2n) is 4.41. The van der Waals surface area contributed by atoms with Crippen LogP contribution in [0.4, 0.5) is 0 Å². The van der Waals surface area contributed by atoms with Gasteiger partial charge in [-0.2, -0.15) is 0 Å². The average molecular weight is 234 g/mol. The Hall–Kier alpha value is -1.84. The van der Waals surface area contributed by atoms with Crippen molar-refractivity contribution in [2.75, 3.05) is 7.05 Å². The standard InChI is InChI=1S/C13H18N2O2/c1-9(2)13(17)15(3)8-10-4-6-11(7-5-10)12(14)16/h4-7,9H,8H2,1-3H3,(H2,14,16). The molecule has 0 saturated carbocycles. The molecule has 2 N–H and O–H groups in total. The molecule has 1 aromatic rings. The van der Waals surface area contributed by atoms with Crippen molar-refractivity contribution in [1.29, 1.82) is 0 Å². The normalized spacial score (nSPS) is 10.4. The number of primary amides is 1. The minimum absolute atomic E-state index is 0.00936. The minimum atomic E-state index is -0.442. The smallest absolute Gasteiger partial charge is 0.248 e. The van der Waals surface area contributed by atoms with E-state index in [1.807, 2.05) is 26.0 Å². The summed E-state index contributed by atoms with van der Waals surface area (Å²) in [6.45, 7) is 4.28. The van der Waals surface area contributed by atoms with Crippen molar-refractivity contribution in [1.82, 2.24) is 4.90 Å². The summed E-state index contributed by atoms with van der Waals surface area (Å²) in [5.41, 5.74) is 6.61. The van der Waals surface area contributed by atoms with E-state index in [1.165, 1.54) is 0 Å². The van der Waals surface area contributed by atoms with E-state index >= 15 is 0 Å². The van der Waals surface area contributed by atoms with Gasteiger partial charge in [-0.15, -0.1) is 0 Å². The van der Waals surface area contributed by atoms with Gasteiger partial charge in [0.25, 0.3) is 0 Å². The molecule has 0 atom stereocenters. The van der Waals surface area contributed by atoms with E-state index in [2.05, 4.69) is 0 Å². The molecule has 0 aliphatic heterocycles. The van der Waals surface area contributed by atoms with Gasteiger partial charge in [0.1, 0.15) is 0 Å². The van der Waals surface area contributed by atoms with Crippen LogP contribution in [-0.2, 0) is 11.3 Å². The van der Waals surface area contributed by atoms with Crippen LogP contribution in [0.5, 0.6) is 0 Å². The molecule has 0 aliphatic carbocycles. The highest BCUT2D eigenvalue weighted by Gasteiger charge is 2.13. The van der Waals surface area contributed by atoms with Gasteiger partial charge in [-0.05, 0) is 17.7 Å². The van der Waals surface area contributed by atoms with Crippen molar-refractivity contribution in [3.63, 3.8) is 0 Å². The van der Waals surface area contributed by atoms with E-state index in [0.29, 0.717) is 12.1 Å². The highest BCUT2D eigenvalue weighted by atomic mass is 16.2. The van der Waals surface area contributed by atoms with Crippen LogP contribution in [0.2, 0.25) is 0 Å². The number of hydrogen-bond acceptors (Lipinski definition) is 2. The van der Waals surface area contributed by atoms with E-state index in [9.17, 15) is 9.59 Å². The van der Waals surface area contributed by atoms with Crippen LogP contribution in [-0.4, -0.2) is 23.8 Å². The molecule has 17 heavy (non-hydrogen) atoms. The van der Waals surface area contributed by atoms with E-state index in [0.717, 1.165) is 5.56 Å². The first-order valence-electron chi connectivity index (χ1n) is 5.55. The van der Waals surface area contributed by atoms with Gasteiger partial charge < -0.3 is 10.6 Å². The molecule has 0 aromatic heterocycles. The molecule has 0 heterocycles. The summed E-state index contributed by atoms with van der Waals surface area (Å²) in [4.78, 5) is 24.2. The number of benzene rings is 1. The van der Waals surface area contributed by atoms with Crippen LogP contribution in [0.1, 0.15) is 29.8 Å². The maximum atomic E-state index is 11.7. The molecule has 0 radical (unpaired) electrons. The summed E-state index contributed by atoms with van der Waals surface area (Å²) in [5, 5.41) is 0. The first kappa shape index (κ1) is 13.2. The van der Waals surface area contributed by atoms with Gasteiger partial charge in [0.05, 0.1) is 0 Å². The lowest BCUT2D eigenvalue weighted by atomic mass is 10.1. The minimum Gasteiger partial charge on any atom is -0.366 e. The van der Waals surface area contributed by atoms with Gasteiger partial charge in [-0.1, -0.05) is 26.0 Å². The van der Waals surface area contributed by atoms with Gasteiger partial charge in [0, 0.05) is 25.1 Å². The summed E-state index contributed by atoms with van der Waals surface area (Å²) in [5.74, 6) is -0.350. The molecule has 0 aliphatic rings. The third kappa shape index (κ3) is 3.59. The summed E-state index contributed by atoms with van der Waals surface area (Å²) in [6.07, 6.45) is 0. The first-order chi connectivity index (χ1) is 7.91. The monoisotopic (exact) mass is 234 g/mol. The summed E-state index contributed by atoms with van der Waals surface area (Å²) in [6, 6.07) is 6.96. The Morgan fingerprint density at radius 1 is 1.24 bits per heavy atom. The van der Waals surface area contributed by atoms with E-state index < -0.39 is 5.91 Å². The Labute approximate surface area is 101 Å². The molecular weight excluding hydrogens is 216 g/mol. The van der Waals surface area contributed by atoms with Crippen molar-refractivity contribution in [2.45, 2.75) is 20.4 Å². The zero-order chi connectivity index (χ0) is 13.0. The molecule has 2 amide bonds. The molecule has 0 unspecified atom stereocenters.